The predicted octanol–water partition coefficient (Wildman–Crippen LogP) is 3.25. The molecule has 2 rings (SSSR count). The number of benzene rings is 2. The number of hydrogen-bond acceptors (Lipinski definition) is 3. The molecule has 0 aromatic heterocycles. The third-order valence-electron chi connectivity index (χ3n) is 2.42. The summed E-state index contributed by atoms with van der Waals surface area (Å²) in [5.74, 6) is -1.96. The minimum absolute atomic E-state index is 0.202. The first kappa shape index (κ1) is 13.4. The van der Waals surface area contributed by atoms with E-state index in [0.29, 0.717) is 4.47 Å². The molecule has 0 fully saturated rings. The van der Waals surface area contributed by atoms with Crippen molar-refractivity contribution in [2.45, 2.75) is 0 Å². The number of rotatable bonds is 2. The lowest BCUT2D eigenvalue weighted by Crippen LogP contribution is -2.13. The molecule has 0 spiro atoms. The molecule has 0 saturated carbocycles. The summed E-state index contributed by atoms with van der Waals surface area (Å²) in [5.41, 5.74) is -0.0636. The number of phenolic OH excluding ortho intramolecular Hbond substituents is 2. The zero-order valence-corrected chi connectivity index (χ0v) is 11.1. The normalized spacial score (nSPS) is 10.2. The van der Waals surface area contributed by atoms with Crippen LogP contribution in [-0.2, 0) is 0 Å². The summed E-state index contributed by atoms with van der Waals surface area (Å²) in [4.78, 5) is 11.9. The number of nitrogens with one attached hydrogen (secondary N) is 1. The average Bonchev–Trinajstić information content (AvgIpc) is 2.33. The van der Waals surface area contributed by atoms with Crippen molar-refractivity contribution in [3.63, 3.8) is 0 Å². The van der Waals surface area contributed by atoms with Crippen LogP contribution < -0.4 is 5.32 Å². The summed E-state index contributed by atoms with van der Waals surface area (Å²) in [7, 11) is 0. The van der Waals surface area contributed by atoms with Gasteiger partial charge in [-0.15, -0.1) is 0 Å². The molecule has 3 N–H and O–H groups in total. The van der Waals surface area contributed by atoms with Crippen LogP contribution in [0, 0.1) is 5.82 Å². The molecule has 0 saturated heterocycles. The van der Waals surface area contributed by atoms with E-state index in [1.807, 2.05) is 0 Å². The fraction of sp³-hybridized carbons (Fsp3) is 0. The van der Waals surface area contributed by atoms with Gasteiger partial charge in [0.05, 0.1) is 5.69 Å². The number of aromatic hydroxyl groups is 2. The van der Waals surface area contributed by atoms with Gasteiger partial charge in [-0.1, -0.05) is 6.07 Å². The lowest BCUT2D eigenvalue weighted by Gasteiger charge is -2.09. The molecule has 98 valence electrons. The van der Waals surface area contributed by atoms with Crippen LogP contribution in [0.2, 0.25) is 0 Å². The Bertz CT molecular complexity index is 626. The number of amides is 1. The zero-order valence-electron chi connectivity index (χ0n) is 9.52. The fourth-order valence-electron chi connectivity index (χ4n) is 1.54. The summed E-state index contributed by atoms with van der Waals surface area (Å²) < 4.78 is 13.6. The average molecular weight is 326 g/mol. The van der Waals surface area contributed by atoms with Crippen LogP contribution in [0.15, 0.2) is 40.9 Å². The molecule has 0 aliphatic rings. The summed E-state index contributed by atoms with van der Waals surface area (Å²) >= 11 is 3.16. The van der Waals surface area contributed by atoms with Crippen molar-refractivity contribution in [3.05, 3.63) is 52.3 Å². The third kappa shape index (κ3) is 2.85. The fourth-order valence-corrected chi connectivity index (χ4v) is 1.88. The van der Waals surface area contributed by atoms with E-state index in [4.69, 9.17) is 0 Å². The maximum Gasteiger partial charge on any atom is 0.263 e. The Morgan fingerprint density at radius 2 is 1.79 bits per heavy atom. The Morgan fingerprint density at radius 1 is 1.16 bits per heavy atom. The van der Waals surface area contributed by atoms with E-state index < -0.39 is 11.7 Å². The second-order valence-electron chi connectivity index (χ2n) is 3.75. The van der Waals surface area contributed by atoms with Crippen molar-refractivity contribution in [1.29, 1.82) is 0 Å². The predicted molar refractivity (Wildman–Crippen MR) is 71.8 cm³/mol. The van der Waals surface area contributed by atoms with Crippen LogP contribution in [0.4, 0.5) is 10.1 Å². The second-order valence-corrected chi connectivity index (χ2v) is 4.60. The number of carbonyl (C=O) groups excluding carboxylic acids is 1. The Kier molecular flexibility index (Phi) is 3.71. The van der Waals surface area contributed by atoms with Crippen LogP contribution in [0.5, 0.6) is 11.5 Å². The minimum Gasteiger partial charge on any atom is -0.507 e. The van der Waals surface area contributed by atoms with Crippen LogP contribution in [0.3, 0.4) is 0 Å². The molecular weight excluding hydrogens is 317 g/mol. The van der Waals surface area contributed by atoms with Gasteiger partial charge >= 0.3 is 0 Å². The van der Waals surface area contributed by atoms with Crippen molar-refractivity contribution in [2.24, 2.45) is 0 Å². The molecule has 6 heteroatoms. The van der Waals surface area contributed by atoms with Crippen molar-refractivity contribution in [3.8, 4) is 11.5 Å². The van der Waals surface area contributed by atoms with Crippen LogP contribution in [0.1, 0.15) is 10.4 Å². The molecule has 2 aromatic carbocycles. The van der Waals surface area contributed by atoms with Gasteiger partial charge in [0.15, 0.2) is 0 Å². The van der Waals surface area contributed by atoms with E-state index in [2.05, 4.69) is 21.2 Å². The molecule has 1 amide bonds. The van der Waals surface area contributed by atoms with Gasteiger partial charge in [0.1, 0.15) is 22.9 Å². The lowest BCUT2D eigenvalue weighted by atomic mass is 10.1. The molecule has 19 heavy (non-hydrogen) atoms. The van der Waals surface area contributed by atoms with Gasteiger partial charge in [0.25, 0.3) is 5.91 Å². The highest BCUT2D eigenvalue weighted by molar-refractivity contribution is 9.10. The first-order valence-electron chi connectivity index (χ1n) is 5.26. The third-order valence-corrected chi connectivity index (χ3v) is 3.12. The topological polar surface area (TPSA) is 69.6 Å². The highest BCUT2D eigenvalue weighted by Crippen LogP contribution is 2.29. The van der Waals surface area contributed by atoms with Gasteiger partial charge in [0, 0.05) is 4.47 Å². The van der Waals surface area contributed by atoms with E-state index in [9.17, 15) is 19.4 Å². The maximum absolute atomic E-state index is 13.1. The van der Waals surface area contributed by atoms with E-state index in [1.165, 1.54) is 30.3 Å². The summed E-state index contributed by atoms with van der Waals surface area (Å²) in [6.45, 7) is 0. The number of hydrogen-bond donors (Lipinski definition) is 3. The monoisotopic (exact) mass is 325 g/mol. The van der Waals surface area contributed by atoms with E-state index in [0.717, 1.165) is 6.07 Å². The Hall–Kier alpha value is -2.08. The smallest absolute Gasteiger partial charge is 0.263 e. The van der Waals surface area contributed by atoms with Crippen molar-refractivity contribution >= 4 is 27.5 Å². The molecule has 2 aromatic rings. The van der Waals surface area contributed by atoms with E-state index >= 15 is 0 Å². The van der Waals surface area contributed by atoms with Gasteiger partial charge in [-0.2, -0.15) is 0 Å². The summed E-state index contributed by atoms with van der Waals surface area (Å²) in [6, 6.07) is 7.75. The molecule has 4 nitrogen and oxygen atoms in total. The zero-order chi connectivity index (χ0) is 14.0. The molecule has 0 heterocycles. The Morgan fingerprint density at radius 3 is 2.42 bits per heavy atom. The lowest BCUT2D eigenvalue weighted by molar-refractivity contribution is 0.102. The molecule has 0 unspecified atom stereocenters. The molecule has 0 bridgehead atoms. The van der Waals surface area contributed by atoms with Crippen molar-refractivity contribution in [1.82, 2.24) is 0 Å². The summed E-state index contributed by atoms with van der Waals surface area (Å²) in [6.07, 6.45) is 0. The van der Waals surface area contributed by atoms with Gasteiger partial charge in [-0.05, 0) is 46.3 Å². The Balaban J connectivity index is 2.34. The molecule has 0 aliphatic carbocycles. The van der Waals surface area contributed by atoms with Crippen LogP contribution >= 0.6 is 15.9 Å². The van der Waals surface area contributed by atoms with E-state index in [1.54, 1.807) is 0 Å². The minimum atomic E-state index is -0.734. The first-order chi connectivity index (χ1) is 8.99. The quantitative estimate of drug-likeness (QED) is 0.793. The highest BCUT2D eigenvalue weighted by atomic mass is 79.9. The standard InChI is InChI=1S/C13H9BrFNO3/c14-8-5-4-7(15)6-9(8)16-13(19)12-10(17)2-1-3-11(12)18/h1-6,17-18H,(H,16,19). The van der Waals surface area contributed by atoms with Crippen LogP contribution in [-0.4, -0.2) is 16.1 Å². The van der Waals surface area contributed by atoms with Gasteiger partial charge in [-0.3, -0.25) is 4.79 Å². The summed E-state index contributed by atoms with van der Waals surface area (Å²) in [5, 5.41) is 21.5. The molecule has 0 atom stereocenters. The number of carbonyl (C=O) groups is 1. The number of anilines is 1. The number of halogens is 2. The molecule has 0 radical (unpaired) electrons. The Labute approximate surface area is 116 Å². The second kappa shape index (κ2) is 5.27. The first-order valence-corrected chi connectivity index (χ1v) is 6.05. The van der Waals surface area contributed by atoms with Gasteiger partial charge in [-0.25, -0.2) is 4.39 Å². The maximum atomic E-state index is 13.1. The largest absolute Gasteiger partial charge is 0.507 e. The van der Waals surface area contributed by atoms with Crippen molar-refractivity contribution < 1.29 is 19.4 Å². The van der Waals surface area contributed by atoms with Crippen molar-refractivity contribution in [2.75, 3.05) is 5.32 Å². The van der Waals surface area contributed by atoms with Crippen LogP contribution in [0.25, 0.3) is 0 Å². The molecular formula is C13H9BrFNO3. The number of phenols is 2. The van der Waals surface area contributed by atoms with Gasteiger partial charge in [0.2, 0.25) is 0 Å². The van der Waals surface area contributed by atoms with Gasteiger partial charge < -0.3 is 15.5 Å². The SMILES string of the molecule is O=C(Nc1cc(F)ccc1Br)c1c(O)cccc1O. The molecule has 0 aliphatic heterocycles. The van der Waals surface area contributed by atoms with E-state index in [-0.39, 0.29) is 22.7 Å². The highest BCUT2D eigenvalue weighted by Gasteiger charge is 2.17.